The van der Waals surface area contributed by atoms with Crippen LogP contribution in [-0.2, 0) is 0 Å². The normalized spacial score (nSPS) is 29.0. The zero-order chi connectivity index (χ0) is 12.9. The van der Waals surface area contributed by atoms with Crippen molar-refractivity contribution in [2.75, 3.05) is 27.3 Å². The van der Waals surface area contributed by atoms with E-state index in [0.29, 0.717) is 28.5 Å². The number of halogens is 1. The summed E-state index contributed by atoms with van der Waals surface area (Å²) in [6.45, 7) is 4.37. The molecule has 3 unspecified atom stereocenters. The van der Waals surface area contributed by atoms with Crippen LogP contribution in [0.4, 0.5) is 0 Å². The fraction of sp³-hybridized carbons (Fsp3) is 0.571. The minimum Gasteiger partial charge on any atom is -0.492 e. The number of hydrogen-bond acceptors (Lipinski definition) is 3. The summed E-state index contributed by atoms with van der Waals surface area (Å²) in [4.78, 5) is 0. The number of benzene rings is 1. The number of fused-ring (bicyclic) bond motifs is 3. The van der Waals surface area contributed by atoms with E-state index in [9.17, 15) is 0 Å². The predicted octanol–water partition coefficient (Wildman–Crippen LogP) is 2.78. The van der Waals surface area contributed by atoms with Gasteiger partial charge in [-0.3, -0.25) is 0 Å². The Morgan fingerprint density at radius 2 is 1.94 bits per heavy atom. The standard InChI is InChI=1S/C14H18ClNO2/c1-7-8-4-11(15)13(17-2)14(18-3)12(8)10-6-16-5-9(7)10/h4,7,9-10,16H,5-6H2,1-3H3. The van der Waals surface area contributed by atoms with Gasteiger partial charge in [-0.05, 0) is 30.0 Å². The first kappa shape index (κ1) is 12.1. The van der Waals surface area contributed by atoms with Crippen molar-refractivity contribution in [2.45, 2.75) is 18.8 Å². The van der Waals surface area contributed by atoms with Gasteiger partial charge in [0.2, 0.25) is 0 Å². The summed E-state index contributed by atoms with van der Waals surface area (Å²) in [5.74, 6) is 3.19. The number of ether oxygens (including phenoxy) is 2. The van der Waals surface area contributed by atoms with Gasteiger partial charge < -0.3 is 14.8 Å². The average molecular weight is 268 g/mol. The van der Waals surface area contributed by atoms with E-state index in [-0.39, 0.29) is 0 Å². The number of nitrogens with one attached hydrogen (secondary N) is 1. The molecule has 2 aliphatic rings. The third kappa shape index (κ3) is 1.47. The molecule has 0 bridgehead atoms. The Labute approximate surface area is 112 Å². The number of rotatable bonds is 2. The average Bonchev–Trinajstić information content (AvgIpc) is 2.92. The summed E-state index contributed by atoms with van der Waals surface area (Å²) >= 11 is 6.29. The van der Waals surface area contributed by atoms with E-state index in [2.05, 4.69) is 18.3 Å². The van der Waals surface area contributed by atoms with Gasteiger partial charge in [-0.2, -0.15) is 0 Å². The van der Waals surface area contributed by atoms with Crippen LogP contribution in [0.15, 0.2) is 6.07 Å². The van der Waals surface area contributed by atoms with Crippen molar-refractivity contribution in [3.05, 3.63) is 22.2 Å². The van der Waals surface area contributed by atoms with Crippen molar-refractivity contribution >= 4 is 11.6 Å². The molecule has 1 heterocycles. The van der Waals surface area contributed by atoms with Crippen LogP contribution in [0.5, 0.6) is 11.5 Å². The van der Waals surface area contributed by atoms with E-state index in [4.69, 9.17) is 21.1 Å². The van der Waals surface area contributed by atoms with Crippen molar-refractivity contribution in [1.29, 1.82) is 0 Å². The molecular weight excluding hydrogens is 250 g/mol. The molecule has 1 aliphatic heterocycles. The number of methoxy groups -OCH3 is 2. The Morgan fingerprint density at radius 3 is 2.61 bits per heavy atom. The molecule has 1 N–H and O–H groups in total. The first-order chi connectivity index (χ1) is 8.69. The summed E-state index contributed by atoms with van der Waals surface area (Å²) in [5.41, 5.74) is 2.62. The van der Waals surface area contributed by atoms with Gasteiger partial charge >= 0.3 is 0 Å². The van der Waals surface area contributed by atoms with Gasteiger partial charge in [-0.1, -0.05) is 18.5 Å². The minimum atomic E-state index is 0.524. The Hall–Kier alpha value is -0.930. The quantitative estimate of drug-likeness (QED) is 0.894. The Kier molecular flexibility index (Phi) is 2.91. The van der Waals surface area contributed by atoms with Gasteiger partial charge in [0, 0.05) is 18.0 Å². The van der Waals surface area contributed by atoms with Crippen molar-refractivity contribution in [1.82, 2.24) is 5.32 Å². The smallest absolute Gasteiger partial charge is 0.179 e. The van der Waals surface area contributed by atoms with Crippen molar-refractivity contribution in [3.8, 4) is 11.5 Å². The second kappa shape index (κ2) is 4.32. The molecule has 0 amide bonds. The van der Waals surface area contributed by atoms with Crippen molar-refractivity contribution in [3.63, 3.8) is 0 Å². The maximum Gasteiger partial charge on any atom is 0.179 e. The molecule has 1 fully saturated rings. The molecule has 4 heteroatoms. The van der Waals surface area contributed by atoms with E-state index >= 15 is 0 Å². The topological polar surface area (TPSA) is 30.5 Å². The predicted molar refractivity (Wildman–Crippen MR) is 72.1 cm³/mol. The maximum atomic E-state index is 6.29. The highest BCUT2D eigenvalue weighted by Crippen LogP contribution is 2.55. The summed E-state index contributed by atoms with van der Waals surface area (Å²) in [6.07, 6.45) is 0. The van der Waals surface area contributed by atoms with E-state index in [1.54, 1.807) is 14.2 Å². The molecule has 1 aromatic carbocycles. The molecular formula is C14H18ClNO2. The molecule has 0 saturated carbocycles. The van der Waals surface area contributed by atoms with Crippen LogP contribution < -0.4 is 14.8 Å². The number of hydrogen-bond donors (Lipinski definition) is 1. The molecule has 98 valence electrons. The molecule has 1 aliphatic carbocycles. The molecule has 0 aromatic heterocycles. The van der Waals surface area contributed by atoms with Gasteiger partial charge in [0.05, 0.1) is 19.2 Å². The molecule has 0 radical (unpaired) electrons. The highest BCUT2D eigenvalue weighted by Gasteiger charge is 2.44. The monoisotopic (exact) mass is 267 g/mol. The van der Waals surface area contributed by atoms with E-state index in [1.165, 1.54) is 11.1 Å². The largest absolute Gasteiger partial charge is 0.492 e. The molecule has 3 rings (SSSR count). The Balaban J connectivity index is 2.23. The lowest BCUT2D eigenvalue weighted by Crippen LogP contribution is -2.12. The molecule has 18 heavy (non-hydrogen) atoms. The van der Waals surface area contributed by atoms with E-state index in [1.807, 2.05) is 0 Å². The molecule has 1 saturated heterocycles. The van der Waals surface area contributed by atoms with Crippen LogP contribution in [0.3, 0.4) is 0 Å². The van der Waals surface area contributed by atoms with Gasteiger partial charge in [0.15, 0.2) is 11.5 Å². The summed E-state index contributed by atoms with van der Waals surface area (Å²) in [7, 11) is 3.33. The third-order valence-electron chi connectivity index (χ3n) is 4.43. The Bertz CT molecular complexity index is 489. The third-order valence-corrected chi connectivity index (χ3v) is 4.71. The lowest BCUT2D eigenvalue weighted by molar-refractivity contribution is 0.349. The highest BCUT2D eigenvalue weighted by atomic mass is 35.5. The summed E-state index contributed by atoms with van der Waals surface area (Å²) < 4.78 is 11.0. The highest BCUT2D eigenvalue weighted by molar-refractivity contribution is 6.32. The lowest BCUT2D eigenvalue weighted by atomic mass is 9.91. The van der Waals surface area contributed by atoms with Gasteiger partial charge in [0.1, 0.15) is 0 Å². The minimum absolute atomic E-state index is 0.524. The zero-order valence-electron chi connectivity index (χ0n) is 10.9. The van der Waals surface area contributed by atoms with Gasteiger partial charge in [0.25, 0.3) is 0 Å². The molecule has 3 atom stereocenters. The van der Waals surface area contributed by atoms with Crippen LogP contribution in [0.1, 0.15) is 29.9 Å². The zero-order valence-corrected chi connectivity index (χ0v) is 11.7. The van der Waals surface area contributed by atoms with Crippen LogP contribution in [0.25, 0.3) is 0 Å². The van der Waals surface area contributed by atoms with Crippen LogP contribution in [0.2, 0.25) is 5.02 Å². The SMILES string of the molecule is COc1c(Cl)cc2c(c1OC)C1CNCC1C2C. The fourth-order valence-corrected chi connectivity index (χ4v) is 3.85. The molecule has 3 nitrogen and oxygen atoms in total. The fourth-order valence-electron chi connectivity index (χ4n) is 3.56. The van der Waals surface area contributed by atoms with Crippen molar-refractivity contribution < 1.29 is 9.47 Å². The second-order valence-corrected chi connectivity index (χ2v) is 5.55. The van der Waals surface area contributed by atoms with Crippen LogP contribution in [0, 0.1) is 5.92 Å². The summed E-state index contributed by atoms with van der Waals surface area (Å²) in [5, 5.41) is 4.12. The first-order valence-corrected chi connectivity index (χ1v) is 6.71. The van der Waals surface area contributed by atoms with Gasteiger partial charge in [-0.15, -0.1) is 0 Å². The van der Waals surface area contributed by atoms with Crippen LogP contribution >= 0.6 is 11.6 Å². The van der Waals surface area contributed by atoms with E-state index in [0.717, 1.165) is 18.8 Å². The first-order valence-electron chi connectivity index (χ1n) is 6.34. The summed E-state index contributed by atoms with van der Waals surface area (Å²) in [6, 6.07) is 2.06. The molecule has 1 aromatic rings. The van der Waals surface area contributed by atoms with Crippen molar-refractivity contribution in [2.24, 2.45) is 5.92 Å². The maximum absolute atomic E-state index is 6.29. The van der Waals surface area contributed by atoms with Crippen LogP contribution in [-0.4, -0.2) is 27.3 Å². The van der Waals surface area contributed by atoms with Gasteiger partial charge in [-0.25, -0.2) is 0 Å². The lowest BCUT2D eigenvalue weighted by Gasteiger charge is -2.17. The molecule has 0 spiro atoms. The Morgan fingerprint density at radius 1 is 1.22 bits per heavy atom. The second-order valence-electron chi connectivity index (χ2n) is 5.15. The van der Waals surface area contributed by atoms with E-state index < -0.39 is 0 Å².